The van der Waals surface area contributed by atoms with Gasteiger partial charge in [-0.25, -0.2) is 29.9 Å². The van der Waals surface area contributed by atoms with Crippen LogP contribution in [-0.4, -0.2) is 77.1 Å². The Morgan fingerprint density at radius 1 is 0.611 bits per heavy atom. The minimum absolute atomic E-state index is 0.00797. The number of halogens is 2. The van der Waals surface area contributed by atoms with E-state index in [9.17, 15) is 24.6 Å². The molecule has 72 heavy (non-hydrogen) atoms. The molecule has 1 aromatic carbocycles. The number of nitrogens with one attached hydrogen (secondary N) is 3. The monoisotopic (exact) mass is 1020 g/mol. The number of carbonyl (C=O) groups is 3. The van der Waals surface area contributed by atoms with Gasteiger partial charge in [-0.2, -0.15) is 0 Å². The normalized spacial score (nSPS) is 15.7. The predicted molar refractivity (Wildman–Crippen MR) is 282 cm³/mol. The first-order valence-electron chi connectivity index (χ1n) is 24.9. The van der Waals surface area contributed by atoms with Gasteiger partial charge in [0.25, 0.3) is 0 Å². The quantitative estimate of drug-likeness (QED) is 0.0725. The van der Waals surface area contributed by atoms with E-state index in [0.717, 1.165) is 95.2 Å². The molecule has 7 aromatic rings. The summed E-state index contributed by atoms with van der Waals surface area (Å²) in [6.45, 7) is 15.2. The fourth-order valence-corrected chi connectivity index (χ4v) is 9.50. The van der Waals surface area contributed by atoms with Gasteiger partial charge in [-0.3, -0.25) is 44.0 Å². The Morgan fingerprint density at radius 2 is 1.06 bits per heavy atom. The average molecular weight is 1020 g/mol. The van der Waals surface area contributed by atoms with Gasteiger partial charge in [0.1, 0.15) is 26.9 Å². The van der Waals surface area contributed by atoms with Crippen LogP contribution in [-0.2, 0) is 14.4 Å². The van der Waals surface area contributed by atoms with Gasteiger partial charge < -0.3 is 10.2 Å². The summed E-state index contributed by atoms with van der Waals surface area (Å²) in [5.74, 6) is 1.06. The molecule has 3 saturated carbocycles. The molecule has 3 amide bonds. The second kappa shape index (κ2) is 21.6. The minimum Gasteiger partial charge on any atom is -0.390 e. The van der Waals surface area contributed by atoms with Crippen LogP contribution in [0.1, 0.15) is 158 Å². The molecule has 1 atom stereocenters. The number of benzene rings is 1. The SMILES string of the molecule is Cc1cc(Cl)nc2c1nc(NC(=O)CC(C)(C)C)n2C1CCC1.Cc1cc(Cl)nc2c1nc(NC(=O)CC(C)(C)O)n2C1CCC1.Cc1ccc2nc(NC(=O)C[C@@H](O)c3ccccc3)n(C3CCC3)c2n1. The van der Waals surface area contributed by atoms with E-state index in [4.69, 9.17) is 23.2 Å². The van der Waals surface area contributed by atoms with Crippen molar-refractivity contribution in [1.29, 1.82) is 0 Å². The second-order valence-corrected chi connectivity index (χ2v) is 22.1. The number of aliphatic hydroxyl groups is 2. The van der Waals surface area contributed by atoms with Gasteiger partial charge in [0.2, 0.25) is 35.6 Å². The van der Waals surface area contributed by atoms with Crippen LogP contribution >= 0.6 is 23.2 Å². The van der Waals surface area contributed by atoms with Gasteiger partial charge in [-0.1, -0.05) is 74.3 Å². The maximum Gasteiger partial charge on any atom is 0.229 e. The average Bonchev–Trinajstić information content (AvgIpc) is 3.87. The van der Waals surface area contributed by atoms with Crippen molar-refractivity contribution in [3.63, 3.8) is 0 Å². The lowest BCUT2D eigenvalue weighted by Crippen LogP contribution is -2.29. The first kappa shape index (κ1) is 52.3. The number of aliphatic hydroxyl groups excluding tert-OH is 1. The number of pyridine rings is 3. The van der Waals surface area contributed by atoms with Crippen LogP contribution in [0, 0.1) is 26.2 Å². The predicted octanol–water partition coefficient (Wildman–Crippen LogP) is 11.2. The maximum absolute atomic E-state index is 12.5. The van der Waals surface area contributed by atoms with E-state index in [1.165, 1.54) is 12.8 Å². The van der Waals surface area contributed by atoms with Crippen LogP contribution < -0.4 is 16.0 Å². The Bertz CT molecular complexity index is 2980. The lowest BCUT2D eigenvalue weighted by molar-refractivity contribution is -0.120. The van der Waals surface area contributed by atoms with Crippen molar-refractivity contribution in [1.82, 2.24) is 43.6 Å². The number of hydrogen-bond donors (Lipinski definition) is 5. The standard InChI is InChI=1S/C20H22N4O2.C17H23ClN4O.C16H21ClN4O2/c1-13-10-11-16-19(21-13)24(15-8-5-9-15)20(22-16)23-18(26)12-17(25)14-6-3-2-4-7-14;1-10-8-12(18)19-15-14(10)21-16(22(15)11-6-5-7-11)20-13(23)9-17(2,3)4;1-9-7-11(17)18-14-13(9)20-15(21(14)10-5-4-6-10)19-12(22)8-16(2,3)23/h2-4,6-7,10-11,15,17,25H,5,8-9,12H2,1H3,(H,22,23,26);8,11H,5-7,9H2,1-4H3,(H,20,21,23);7,10,23H,4-6,8H2,1-3H3,(H,19,20,22)/t17-;;/m1../s1. The summed E-state index contributed by atoms with van der Waals surface area (Å²) >= 11 is 12.2. The number of anilines is 3. The molecule has 0 saturated heterocycles. The molecular weight excluding hydrogens is 956 g/mol. The van der Waals surface area contributed by atoms with Crippen LogP contribution in [0.25, 0.3) is 33.5 Å². The Labute approximate surface area is 429 Å². The molecule has 382 valence electrons. The van der Waals surface area contributed by atoms with Crippen LogP contribution in [0.3, 0.4) is 0 Å². The highest BCUT2D eigenvalue weighted by molar-refractivity contribution is 6.30. The third-order valence-electron chi connectivity index (χ3n) is 13.2. The van der Waals surface area contributed by atoms with Gasteiger partial charge in [-0.15, -0.1) is 0 Å². The van der Waals surface area contributed by atoms with Gasteiger partial charge in [0, 0.05) is 30.2 Å². The van der Waals surface area contributed by atoms with Gasteiger partial charge in [-0.05, 0) is 139 Å². The number of fused-ring (bicyclic) bond motifs is 3. The Balaban J connectivity index is 0.000000145. The fourth-order valence-electron chi connectivity index (χ4n) is 9.01. The number of imidazole rings is 3. The molecular formula is C53H66Cl2N12O5. The van der Waals surface area contributed by atoms with E-state index >= 15 is 0 Å². The van der Waals surface area contributed by atoms with Crippen molar-refractivity contribution in [2.24, 2.45) is 5.41 Å². The molecule has 3 aliphatic rings. The topological polar surface area (TPSA) is 220 Å². The minimum atomic E-state index is -1.06. The number of nitrogens with zero attached hydrogens (tertiary/aromatic N) is 9. The van der Waals surface area contributed by atoms with E-state index in [1.807, 2.05) is 99.2 Å². The molecule has 5 N–H and O–H groups in total. The third kappa shape index (κ3) is 12.4. The van der Waals surface area contributed by atoms with Gasteiger partial charge in [0.05, 0.1) is 24.5 Å². The number of amides is 3. The molecule has 3 aliphatic carbocycles. The second-order valence-electron chi connectivity index (χ2n) is 21.3. The van der Waals surface area contributed by atoms with Crippen LogP contribution in [0.4, 0.5) is 17.8 Å². The summed E-state index contributed by atoms with van der Waals surface area (Å²) in [5, 5.41) is 29.7. The molecule has 10 rings (SSSR count). The summed E-state index contributed by atoms with van der Waals surface area (Å²) < 4.78 is 6.07. The largest absolute Gasteiger partial charge is 0.390 e. The number of carbonyl (C=O) groups excluding carboxylic acids is 3. The molecule has 6 aromatic heterocycles. The van der Waals surface area contributed by atoms with E-state index in [2.05, 4.69) is 50.4 Å². The Hall–Kier alpha value is -6.01. The lowest BCUT2D eigenvalue weighted by Gasteiger charge is -2.28. The molecule has 0 bridgehead atoms. The number of aryl methyl sites for hydroxylation is 3. The number of aromatic nitrogens is 9. The molecule has 0 spiro atoms. The van der Waals surface area contributed by atoms with Crippen molar-refractivity contribution in [2.45, 2.75) is 162 Å². The summed E-state index contributed by atoms with van der Waals surface area (Å²) in [6.07, 6.45) is 9.51. The van der Waals surface area contributed by atoms with Crippen LogP contribution in [0.2, 0.25) is 10.3 Å². The summed E-state index contributed by atoms with van der Waals surface area (Å²) in [7, 11) is 0. The molecule has 0 aliphatic heterocycles. The smallest absolute Gasteiger partial charge is 0.229 e. The molecule has 17 nitrogen and oxygen atoms in total. The first-order valence-corrected chi connectivity index (χ1v) is 25.7. The van der Waals surface area contributed by atoms with Crippen LogP contribution in [0.15, 0.2) is 54.6 Å². The van der Waals surface area contributed by atoms with Crippen molar-refractivity contribution in [3.8, 4) is 0 Å². The molecule has 0 unspecified atom stereocenters. The Morgan fingerprint density at radius 3 is 1.50 bits per heavy atom. The zero-order chi connectivity index (χ0) is 51.6. The van der Waals surface area contributed by atoms with E-state index in [-0.39, 0.29) is 42.0 Å². The molecule has 19 heteroatoms. The zero-order valence-corrected chi connectivity index (χ0v) is 43.9. The molecule has 6 heterocycles. The van der Waals surface area contributed by atoms with Crippen molar-refractivity contribution in [3.05, 3.63) is 87.3 Å². The summed E-state index contributed by atoms with van der Waals surface area (Å²) in [6, 6.07) is 17.6. The number of hydrogen-bond acceptors (Lipinski definition) is 11. The lowest BCUT2D eigenvalue weighted by atomic mass is 9.92. The third-order valence-corrected chi connectivity index (χ3v) is 13.6. The maximum atomic E-state index is 12.5. The van der Waals surface area contributed by atoms with E-state index in [0.29, 0.717) is 52.3 Å². The highest BCUT2D eigenvalue weighted by Gasteiger charge is 2.31. The van der Waals surface area contributed by atoms with Gasteiger partial charge >= 0.3 is 0 Å². The first-order chi connectivity index (χ1) is 34.1. The molecule has 3 fully saturated rings. The van der Waals surface area contributed by atoms with Crippen molar-refractivity contribution in [2.75, 3.05) is 16.0 Å². The zero-order valence-electron chi connectivity index (χ0n) is 42.4. The highest BCUT2D eigenvalue weighted by atomic mass is 35.5. The summed E-state index contributed by atoms with van der Waals surface area (Å²) in [5.41, 5.74) is 7.07. The highest BCUT2D eigenvalue weighted by Crippen LogP contribution is 2.40. The van der Waals surface area contributed by atoms with E-state index in [1.54, 1.807) is 19.9 Å². The fraction of sp³-hybridized carbons (Fsp3) is 0.491. The van der Waals surface area contributed by atoms with Crippen LogP contribution in [0.5, 0.6) is 0 Å². The van der Waals surface area contributed by atoms with Crippen molar-refractivity contribution < 1.29 is 24.6 Å². The van der Waals surface area contributed by atoms with Gasteiger partial charge in [0.15, 0.2) is 16.9 Å². The summed E-state index contributed by atoms with van der Waals surface area (Å²) in [4.78, 5) is 64.2. The van der Waals surface area contributed by atoms with Crippen molar-refractivity contribution >= 4 is 92.3 Å². The number of rotatable bonds is 12. The Kier molecular flexibility index (Phi) is 15.7. The molecule has 0 radical (unpaired) electrons. The van der Waals surface area contributed by atoms with E-state index < -0.39 is 11.7 Å².